The summed E-state index contributed by atoms with van der Waals surface area (Å²) in [6.07, 6.45) is 5.38. The molecular formula is C15H18FNO. The van der Waals surface area contributed by atoms with E-state index in [9.17, 15) is 9.18 Å². The third-order valence-corrected chi connectivity index (χ3v) is 3.47. The monoisotopic (exact) mass is 247 g/mol. The predicted octanol–water partition coefficient (Wildman–Crippen LogP) is 2.94. The van der Waals surface area contributed by atoms with Gasteiger partial charge < -0.3 is 4.90 Å². The lowest BCUT2D eigenvalue weighted by Gasteiger charge is -2.35. The number of likely N-dealkylation sites (tertiary alicyclic amines) is 1. The highest BCUT2D eigenvalue weighted by Crippen LogP contribution is 2.21. The number of amides is 1. The minimum absolute atomic E-state index is 0.00168. The molecule has 1 aliphatic heterocycles. The summed E-state index contributed by atoms with van der Waals surface area (Å²) in [5.41, 5.74) is 1.07. The van der Waals surface area contributed by atoms with Gasteiger partial charge in [-0.25, -0.2) is 4.39 Å². The lowest BCUT2D eigenvalue weighted by Crippen LogP contribution is -2.44. The van der Waals surface area contributed by atoms with Crippen molar-refractivity contribution >= 4 is 5.91 Å². The van der Waals surface area contributed by atoms with Gasteiger partial charge >= 0.3 is 0 Å². The van der Waals surface area contributed by atoms with Crippen molar-refractivity contribution in [3.63, 3.8) is 0 Å². The number of piperidine rings is 1. The molecule has 1 amide bonds. The molecule has 1 unspecified atom stereocenters. The summed E-state index contributed by atoms with van der Waals surface area (Å²) in [4.78, 5) is 13.7. The molecule has 3 heteroatoms. The molecule has 2 rings (SSSR count). The number of nitrogens with zero attached hydrogens (tertiary/aromatic N) is 1. The lowest BCUT2D eigenvalue weighted by atomic mass is 9.95. The number of rotatable bonds is 3. The molecule has 1 heterocycles. The smallest absolute Gasteiger partial charge is 0.246 e. The van der Waals surface area contributed by atoms with Gasteiger partial charge in [-0.1, -0.05) is 18.7 Å². The third kappa shape index (κ3) is 2.97. The summed E-state index contributed by atoms with van der Waals surface area (Å²) in [7, 11) is 0. The molecule has 1 aromatic rings. The Morgan fingerprint density at radius 3 is 2.78 bits per heavy atom. The Labute approximate surface area is 107 Å². The number of hydrogen-bond acceptors (Lipinski definition) is 1. The molecule has 18 heavy (non-hydrogen) atoms. The molecule has 96 valence electrons. The van der Waals surface area contributed by atoms with E-state index in [1.165, 1.54) is 18.2 Å². The molecule has 0 bridgehead atoms. The van der Waals surface area contributed by atoms with Gasteiger partial charge in [-0.3, -0.25) is 4.79 Å². The first kappa shape index (κ1) is 12.8. The predicted molar refractivity (Wildman–Crippen MR) is 69.7 cm³/mol. The largest absolute Gasteiger partial charge is 0.336 e. The molecule has 1 atom stereocenters. The number of hydrogen-bond donors (Lipinski definition) is 0. The molecule has 1 fully saturated rings. The number of benzene rings is 1. The summed E-state index contributed by atoms with van der Waals surface area (Å²) in [6, 6.07) is 6.74. The molecular weight excluding hydrogens is 229 g/mol. The first-order chi connectivity index (χ1) is 8.70. The molecule has 0 saturated carbocycles. The molecule has 0 N–H and O–H groups in total. The van der Waals surface area contributed by atoms with Crippen molar-refractivity contribution in [3.05, 3.63) is 48.3 Å². The van der Waals surface area contributed by atoms with Gasteiger partial charge in [-0.15, -0.1) is 0 Å². The van der Waals surface area contributed by atoms with E-state index in [1.54, 1.807) is 12.1 Å². The maximum absolute atomic E-state index is 12.8. The van der Waals surface area contributed by atoms with Crippen LogP contribution in [0.25, 0.3) is 0 Å². The second-order valence-electron chi connectivity index (χ2n) is 4.72. The van der Waals surface area contributed by atoms with Gasteiger partial charge in [0.2, 0.25) is 5.91 Å². The fourth-order valence-electron chi connectivity index (χ4n) is 2.51. The Morgan fingerprint density at radius 2 is 2.11 bits per heavy atom. The molecule has 0 aromatic heterocycles. The van der Waals surface area contributed by atoms with E-state index in [0.717, 1.165) is 37.8 Å². The van der Waals surface area contributed by atoms with E-state index in [0.29, 0.717) is 0 Å². The van der Waals surface area contributed by atoms with Crippen LogP contribution in [0.3, 0.4) is 0 Å². The Bertz CT molecular complexity index is 427. The summed E-state index contributed by atoms with van der Waals surface area (Å²) >= 11 is 0. The minimum Gasteiger partial charge on any atom is -0.336 e. The molecule has 0 aliphatic carbocycles. The van der Waals surface area contributed by atoms with Crippen molar-refractivity contribution in [2.45, 2.75) is 31.7 Å². The molecule has 1 aromatic carbocycles. The van der Waals surface area contributed by atoms with Gasteiger partial charge in [0.15, 0.2) is 0 Å². The maximum atomic E-state index is 12.8. The zero-order valence-electron chi connectivity index (χ0n) is 10.4. The Balaban J connectivity index is 2.07. The van der Waals surface area contributed by atoms with E-state index in [-0.39, 0.29) is 17.8 Å². The lowest BCUT2D eigenvalue weighted by molar-refractivity contribution is -0.129. The van der Waals surface area contributed by atoms with E-state index in [2.05, 4.69) is 6.58 Å². The van der Waals surface area contributed by atoms with Crippen LogP contribution in [-0.4, -0.2) is 23.4 Å². The van der Waals surface area contributed by atoms with Crippen molar-refractivity contribution in [3.8, 4) is 0 Å². The van der Waals surface area contributed by atoms with E-state index < -0.39 is 0 Å². The van der Waals surface area contributed by atoms with Crippen LogP contribution in [0.4, 0.5) is 4.39 Å². The second-order valence-corrected chi connectivity index (χ2v) is 4.72. The van der Waals surface area contributed by atoms with Crippen LogP contribution in [0, 0.1) is 5.82 Å². The van der Waals surface area contributed by atoms with Crippen molar-refractivity contribution in [1.29, 1.82) is 0 Å². The fourth-order valence-corrected chi connectivity index (χ4v) is 2.51. The van der Waals surface area contributed by atoms with Gasteiger partial charge in [0.05, 0.1) is 0 Å². The van der Waals surface area contributed by atoms with Gasteiger partial charge in [-0.2, -0.15) is 0 Å². The zero-order valence-corrected chi connectivity index (χ0v) is 10.4. The topological polar surface area (TPSA) is 20.3 Å². The quantitative estimate of drug-likeness (QED) is 0.752. The SMILES string of the molecule is C=CC(=O)N1CCCCC1Cc1ccc(F)cc1. The van der Waals surface area contributed by atoms with Crippen molar-refractivity contribution in [2.75, 3.05) is 6.54 Å². The fraction of sp³-hybridized carbons (Fsp3) is 0.400. The Kier molecular flexibility index (Phi) is 4.13. The summed E-state index contributed by atoms with van der Waals surface area (Å²) < 4.78 is 12.8. The van der Waals surface area contributed by atoms with E-state index in [1.807, 2.05) is 4.90 Å². The zero-order chi connectivity index (χ0) is 13.0. The molecule has 1 saturated heterocycles. The second kappa shape index (κ2) is 5.80. The standard InChI is InChI=1S/C15H18FNO/c1-2-15(18)17-10-4-3-5-14(17)11-12-6-8-13(16)9-7-12/h2,6-9,14H,1,3-5,10-11H2. The van der Waals surface area contributed by atoms with Crippen molar-refractivity contribution in [2.24, 2.45) is 0 Å². The van der Waals surface area contributed by atoms with Crippen LogP contribution in [0.5, 0.6) is 0 Å². The average molecular weight is 247 g/mol. The van der Waals surface area contributed by atoms with Crippen LogP contribution in [0.15, 0.2) is 36.9 Å². The van der Waals surface area contributed by atoms with Gasteiger partial charge in [0, 0.05) is 12.6 Å². The van der Waals surface area contributed by atoms with Gasteiger partial charge in [-0.05, 0) is 49.5 Å². The third-order valence-electron chi connectivity index (χ3n) is 3.47. The van der Waals surface area contributed by atoms with E-state index >= 15 is 0 Å². The molecule has 1 aliphatic rings. The van der Waals surface area contributed by atoms with Crippen molar-refractivity contribution in [1.82, 2.24) is 4.90 Å². The van der Waals surface area contributed by atoms with Gasteiger partial charge in [0.25, 0.3) is 0 Å². The Hall–Kier alpha value is -1.64. The number of carbonyl (C=O) groups is 1. The number of carbonyl (C=O) groups excluding carboxylic acids is 1. The van der Waals surface area contributed by atoms with Crippen molar-refractivity contribution < 1.29 is 9.18 Å². The highest BCUT2D eigenvalue weighted by molar-refractivity contribution is 5.87. The van der Waals surface area contributed by atoms with Crippen LogP contribution in [0.1, 0.15) is 24.8 Å². The molecule has 0 spiro atoms. The number of halogens is 1. The van der Waals surface area contributed by atoms with Crippen LogP contribution in [0.2, 0.25) is 0 Å². The van der Waals surface area contributed by atoms with Crippen LogP contribution in [-0.2, 0) is 11.2 Å². The van der Waals surface area contributed by atoms with Gasteiger partial charge in [0.1, 0.15) is 5.82 Å². The molecule has 2 nitrogen and oxygen atoms in total. The summed E-state index contributed by atoms with van der Waals surface area (Å²) in [5, 5.41) is 0. The summed E-state index contributed by atoms with van der Waals surface area (Å²) in [5.74, 6) is -0.219. The Morgan fingerprint density at radius 1 is 1.39 bits per heavy atom. The summed E-state index contributed by atoms with van der Waals surface area (Å²) in [6.45, 7) is 4.35. The van der Waals surface area contributed by atoms with Crippen LogP contribution >= 0.6 is 0 Å². The first-order valence-electron chi connectivity index (χ1n) is 6.38. The molecule has 0 radical (unpaired) electrons. The van der Waals surface area contributed by atoms with Crippen LogP contribution < -0.4 is 0 Å². The maximum Gasteiger partial charge on any atom is 0.246 e. The highest BCUT2D eigenvalue weighted by Gasteiger charge is 2.25. The average Bonchev–Trinajstić information content (AvgIpc) is 2.41. The normalized spacial score (nSPS) is 19.6. The minimum atomic E-state index is -0.221. The first-order valence-corrected chi connectivity index (χ1v) is 6.38. The van der Waals surface area contributed by atoms with E-state index in [4.69, 9.17) is 0 Å². The highest BCUT2D eigenvalue weighted by atomic mass is 19.1.